The first-order valence-corrected chi connectivity index (χ1v) is 7.06. The number of hydrogen-bond donors (Lipinski definition) is 0. The molecule has 2 aromatic heterocycles. The molecule has 0 saturated heterocycles. The van der Waals surface area contributed by atoms with E-state index >= 15 is 0 Å². The molecule has 0 aliphatic rings. The van der Waals surface area contributed by atoms with Crippen molar-refractivity contribution in [1.29, 1.82) is 5.26 Å². The molecule has 0 aliphatic heterocycles. The zero-order chi connectivity index (χ0) is 15.1. The van der Waals surface area contributed by atoms with Gasteiger partial charge in [-0.15, -0.1) is 0 Å². The lowest BCUT2D eigenvalue weighted by Gasteiger charge is -2.06. The van der Waals surface area contributed by atoms with Crippen LogP contribution in [0.25, 0.3) is 33.2 Å². The van der Waals surface area contributed by atoms with E-state index in [-0.39, 0.29) is 0 Å². The van der Waals surface area contributed by atoms with Gasteiger partial charge in [-0.3, -0.25) is 4.98 Å². The molecule has 3 nitrogen and oxygen atoms in total. The largest absolute Gasteiger partial charge is 0.456 e. The maximum Gasteiger partial charge on any atom is 0.139 e. The zero-order valence-electron chi connectivity index (χ0n) is 12.0. The molecule has 0 fully saturated rings. The third-order valence-corrected chi connectivity index (χ3v) is 3.89. The second-order valence-electron chi connectivity index (χ2n) is 5.25. The van der Waals surface area contributed by atoms with E-state index < -0.39 is 0 Å². The predicted octanol–water partition coefficient (Wildman–Crippen LogP) is 4.83. The molecule has 104 valence electrons. The van der Waals surface area contributed by atoms with E-state index in [1.165, 1.54) is 0 Å². The van der Waals surface area contributed by atoms with Crippen LogP contribution in [0.1, 0.15) is 11.1 Å². The summed E-state index contributed by atoms with van der Waals surface area (Å²) in [5, 5.41) is 11.6. The van der Waals surface area contributed by atoms with Crippen LogP contribution in [-0.2, 0) is 0 Å². The van der Waals surface area contributed by atoms with Crippen molar-refractivity contribution in [3.63, 3.8) is 0 Å². The first-order chi connectivity index (χ1) is 10.8. The van der Waals surface area contributed by atoms with Crippen molar-refractivity contribution in [2.75, 3.05) is 0 Å². The van der Waals surface area contributed by atoms with Gasteiger partial charge in [0.2, 0.25) is 0 Å². The van der Waals surface area contributed by atoms with Crippen LogP contribution in [0.3, 0.4) is 0 Å². The number of aromatic nitrogens is 1. The molecular weight excluding hydrogens is 272 g/mol. The summed E-state index contributed by atoms with van der Waals surface area (Å²) in [5.41, 5.74) is 4.84. The summed E-state index contributed by atoms with van der Waals surface area (Å²) >= 11 is 0. The van der Waals surface area contributed by atoms with Crippen LogP contribution in [0.5, 0.6) is 0 Å². The van der Waals surface area contributed by atoms with Crippen molar-refractivity contribution in [2.24, 2.45) is 0 Å². The molecule has 0 amide bonds. The van der Waals surface area contributed by atoms with Gasteiger partial charge in [-0.2, -0.15) is 5.26 Å². The van der Waals surface area contributed by atoms with Crippen LogP contribution >= 0.6 is 0 Å². The smallest absolute Gasteiger partial charge is 0.139 e. The summed E-state index contributed by atoms with van der Waals surface area (Å²) in [7, 11) is 0. The zero-order valence-corrected chi connectivity index (χ0v) is 12.0. The quantitative estimate of drug-likeness (QED) is 0.503. The van der Waals surface area contributed by atoms with Crippen LogP contribution < -0.4 is 0 Å². The van der Waals surface area contributed by atoms with Crippen molar-refractivity contribution in [3.8, 4) is 17.3 Å². The predicted molar refractivity (Wildman–Crippen MR) is 86.4 cm³/mol. The van der Waals surface area contributed by atoms with Gasteiger partial charge in [0.15, 0.2) is 0 Å². The van der Waals surface area contributed by atoms with E-state index in [1.54, 1.807) is 6.20 Å². The van der Waals surface area contributed by atoms with E-state index in [0.29, 0.717) is 5.56 Å². The number of hydrogen-bond acceptors (Lipinski definition) is 3. The summed E-state index contributed by atoms with van der Waals surface area (Å²) < 4.78 is 5.95. The maximum atomic E-state index is 9.73. The highest BCUT2D eigenvalue weighted by Gasteiger charge is 2.18. The second-order valence-corrected chi connectivity index (χ2v) is 5.25. The Kier molecular flexibility index (Phi) is 2.70. The van der Waals surface area contributed by atoms with E-state index in [2.05, 4.69) is 11.1 Å². The van der Waals surface area contributed by atoms with Gasteiger partial charge in [-0.05, 0) is 36.8 Å². The number of aryl methyl sites for hydroxylation is 1. The Morgan fingerprint density at radius 2 is 1.91 bits per heavy atom. The molecule has 0 saturated carbocycles. The van der Waals surface area contributed by atoms with Crippen LogP contribution in [0.4, 0.5) is 0 Å². The van der Waals surface area contributed by atoms with Gasteiger partial charge >= 0.3 is 0 Å². The number of rotatable bonds is 1. The molecule has 22 heavy (non-hydrogen) atoms. The molecule has 3 heteroatoms. The average Bonchev–Trinajstić information content (AvgIpc) is 2.96. The number of fused-ring (bicyclic) bond motifs is 3. The Hall–Kier alpha value is -3.12. The molecule has 4 aromatic rings. The summed E-state index contributed by atoms with van der Waals surface area (Å²) in [6.45, 7) is 2.00. The van der Waals surface area contributed by atoms with Crippen molar-refractivity contribution >= 4 is 21.9 Å². The fourth-order valence-corrected chi connectivity index (χ4v) is 2.90. The number of benzene rings is 2. The number of pyridine rings is 1. The van der Waals surface area contributed by atoms with Crippen molar-refractivity contribution < 1.29 is 4.42 Å². The molecule has 0 radical (unpaired) electrons. The summed E-state index contributed by atoms with van der Waals surface area (Å²) in [5.74, 6) is 0. The highest BCUT2D eigenvalue weighted by atomic mass is 16.3. The summed E-state index contributed by atoms with van der Waals surface area (Å²) in [6, 6.07) is 17.8. The first-order valence-electron chi connectivity index (χ1n) is 7.06. The van der Waals surface area contributed by atoms with E-state index in [1.807, 2.05) is 55.5 Å². The molecule has 0 atom stereocenters. The topological polar surface area (TPSA) is 49.8 Å². The fourth-order valence-electron chi connectivity index (χ4n) is 2.90. The number of para-hydroxylation sites is 1. The third kappa shape index (κ3) is 1.71. The molecule has 0 unspecified atom stereocenters. The van der Waals surface area contributed by atoms with Gasteiger partial charge in [0.25, 0.3) is 0 Å². The minimum atomic E-state index is 0.615. The minimum Gasteiger partial charge on any atom is -0.456 e. The lowest BCUT2D eigenvalue weighted by atomic mass is 9.96. The SMILES string of the molecule is Cc1cc(-c2ccccn2)c(C#N)c2c1oc1ccccc12. The monoisotopic (exact) mass is 284 g/mol. The summed E-state index contributed by atoms with van der Waals surface area (Å²) in [6.07, 6.45) is 1.74. The molecule has 0 aliphatic carbocycles. The van der Waals surface area contributed by atoms with Crippen molar-refractivity contribution in [2.45, 2.75) is 6.92 Å². The van der Waals surface area contributed by atoms with Crippen LogP contribution in [0.2, 0.25) is 0 Å². The van der Waals surface area contributed by atoms with E-state index in [9.17, 15) is 5.26 Å². The third-order valence-electron chi connectivity index (χ3n) is 3.89. The van der Waals surface area contributed by atoms with Gasteiger partial charge in [0.1, 0.15) is 17.2 Å². The number of nitrogens with zero attached hydrogens (tertiary/aromatic N) is 2. The van der Waals surface area contributed by atoms with Crippen LogP contribution in [0, 0.1) is 18.3 Å². The van der Waals surface area contributed by atoms with Crippen LogP contribution in [-0.4, -0.2) is 4.98 Å². The normalized spacial score (nSPS) is 10.9. The lowest BCUT2D eigenvalue weighted by Crippen LogP contribution is -1.90. The molecular formula is C19H12N2O. The van der Waals surface area contributed by atoms with Gasteiger partial charge < -0.3 is 4.42 Å². The van der Waals surface area contributed by atoms with Gasteiger partial charge in [0.05, 0.1) is 11.3 Å². The average molecular weight is 284 g/mol. The van der Waals surface area contributed by atoms with Gasteiger partial charge in [0, 0.05) is 22.5 Å². The van der Waals surface area contributed by atoms with Crippen molar-refractivity contribution in [1.82, 2.24) is 4.98 Å². The molecule has 0 N–H and O–H groups in total. The Balaban J connectivity index is 2.21. The molecule has 2 heterocycles. The highest BCUT2D eigenvalue weighted by molar-refractivity contribution is 6.11. The van der Waals surface area contributed by atoms with E-state index in [4.69, 9.17) is 4.42 Å². The Labute approximate surface area is 127 Å². The molecule has 2 aromatic carbocycles. The van der Waals surface area contributed by atoms with Crippen molar-refractivity contribution in [3.05, 3.63) is 65.9 Å². The number of nitriles is 1. The molecule has 0 bridgehead atoms. The van der Waals surface area contributed by atoms with Gasteiger partial charge in [-0.25, -0.2) is 0 Å². The fraction of sp³-hybridized carbons (Fsp3) is 0.0526. The highest BCUT2D eigenvalue weighted by Crippen LogP contribution is 2.37. The molecule has 0 spiro atoms. The van der Waals surface area contributed by atoms with Crippen LogP contribution in [0.15, 0.2) is 59.1 Å². The number of furan rings is 1. The lowest BCUT2D eigenvalue weighted by molar-refractivity contribution is 0.666. The standard InChI is InChI=1S/C19H12N2O/c1-12-10-14(16-7-4-5-9-21-16)15(11-20)18-13-6-2-3-8-17(13)22-19(12)18/h2-10H,1H3. The minimum absolute atomic E-state index is 0.615. The van der Waals surface area contributed by atoms with E-state index in [0.717, 1.165) is 38.8 Å². The second kappa shape index (κ2) is 4.71. The summed E-state index contributed by atoms with van der Waals surface area (Å²) in [4.78, 5) is 4.39. The maximum absolute atomic E-state index is 9.73. The first kappa shape index (κ1) is 12.6. The Morgan fingerprint density at radius 3 is 2.68 bits per heavy atom. The van der Waals surface area contributed by atoms with Gasteiger partial charge in [-0.1, -0.05) is 24.3 Å². The molecule has 4 rings (SSSR count). The Bertz CT molecular complexity index is 1040. The Morgan fingerprint density at radius 1 is 1.09 bits per heavy atom.